The van der Waals surface area contributed by atoms with E-state index < -0.39 is 11.5 Å². The van der Waals surface area contributed by atoms with E-state index in [1.807, 2.05) is 60.7 Å². The minimum atomic E-state index is -0.756. The maximum Gasteiger partial charge on any atom is 0.346 e. The molecule has 4 rings (SSSR count). The average molecular weight is 416 g/mol. The summed E-state index contributed by atoms with van der Waals surface area (Å²) in [5.41, 5.74) is 1.22. The van der Waals surface area contributed by atoms with Crippen LogP contribution >= 0.6 is 0 Å². The lowest BCUT2D eigenvalue weighted by Crippen LogP contribution is -2.33. The van der Waals surface area contributed by atoms with Gasteiger partial charge >= 0.3 is 11.5 Å². The lowest BCUT2D eigenvalue weighted by molar-refractivity contribution is 0.0513. The monoisotopic (exact) mass is 416 g/mol. The molecule has 8 heteroatoms. The number of aromatic nitrogens is 3. The van der Waals surface area contributed by atoms with Gasteiger partial charge in [0, 0.05) is 11.9 Å². The van der Waals surface area contributed by atoms with Gasteiger partial charge in [-0.15, -0.1) is 4.73 Å². The van der Waals surface area contributed by atoms with Gasteiger partial charge in [0.2, 0.25) is 0 Å². The predicted octanol–water partition coefficient (Wildman–Crippen LogP) is 3.34. The quantitative estimate of drug-likeness (QED) is 0.462. The first-order chi connectivity index (χ1) is 15.2. The molecule has 0 aliphatic carbocycles. The molecule has 0 unspecified atom stereocenters. The molecule has 0 aliphatic heterocycles. The minimum absolute atomic E-state index is 0.119. The van der Waals surface area contributed by atoms with E-state index >= 15 is 0 Å². The number of carbonyl (C=O) groups excluding carboxylic acids is 1. The van der Waals surface area contributed by atoms with Crippen molar-refractivity contribution >= 4 is 28.4 Å². The fraction of sp³-hybridized carbons (Fsp3) is 0.130. The van der Waals surface area contributed by atoms with Crippen molar-refractivity contribution in [2.75, 3.05) is 11.9 Å². The van der Waals surface area contributed by atoms with E-state index in [4.69, 9.17) is 9.57 Å². The number of carbonyl (C=O) groups is 1. The molecule has 0 saturated carbocycles. The summed E-state index contributed by atoms with van der Waals surface area (Å²) in [4.78, 5) is 40.2. The van der Waals surface area contributed by atoms with Crippen LogP contribution in [0.4, 0.5) is 11.4 Å². The predicted molar refractivity (Wildman–Crippen MR) is 116 cm³/mol. The summed E-state index contributed by atoms with van der Waals surface area (Å²) in [6.07, 6.45) is 2.85. The van der Waals surface area contributed by atoms with Crippen LogP contribution in [0, 0.1) is 0 Å². The van der Waals surface area contributed by atoms with Crippen LogP contribution in [0.25, 0.3) is 11.0 Å². The van der Waals surface area contributed by atoms with E-state index in [-0.39, 0.29) is 30.1 Å². The Morgan fingerprint density at radius 3 is 2.48 bits per heavy atom. The van der Waals surface area contributed by atoms with Gasteiger partial charge in [-0.1, -0.05) is 48.5 Å². The van der Waals surface area contributed by atoms with E-state index in [1.54, 1.807) is 6.92 Å². The highest BCUT2D eigenvalue weighted by atomic mass is 16.7. The van der Waals surface area contributed by atoms with Crippen molar-refractivity contribution in [2.45, 2.75) is 13.5 Å². The van der Waals surface area contributed by atoms with Gasteiger partial charge in [0.05, 0.1) is 17.7 Å². The molecule has 0 spiro atoms. The first-order valence-corrected chi connectivity index (χ1v) is 9.74. The molecule has 8 nitrogen and oxygen atoms in total. The third kappa shape index (κ3) is 4.23. The van der Waals surface area contributed by atoms with Gasteiger partial charge in [0.25, 0.3) is 0 Å². The zero-order valence-corrected chi connectivity index (χ0v) is 16.8. The van der Waals surface area contributed by atoms with Crippen LogP contribution in [-0.4, -0.2) is 27.3 Å². The molecule has 2 aromatic heterocycles. The van der Waals surface area contributed by atoms with Crippen LogP contribution in [0.2, 0.25) is 0 Å². The third-order valence-corrected chi connectivity index (χ3v) is 4.53. The second-order valence-electron chi connectivity index (χ2n) is 6.58. The molecule has 4 aromatic rings. The second kappa shape index (κ2) is 9.08. The Hall–Kier alpha value is -4.20. The van der Waals surface area contributed by atoms with Crippen molar-refractivity contribution in [3.8, 4) is 0 Å². The van der Waals surface area contributed by atoms with Crippen LogP contribution in [0.1, 0.15) is 22.8 Å². The summed E-state index contributed by atoms with van der Waals surface area (Å²) in [6.45, 7) is 1.92. The zero-order chi connectivity index (χ0) is 21.6. The summed E-state index contributed by atoms with van der Waals surface area (Å²) in [7, 11) is 0. The number of hydrogen-bond donors (Lipinski definition) is 1. The number of rotatable bonds is 7. The molecule has 0 saturated heterocycles. The third-order valence-electron chi connectivity index (χ3n) is 4.53. The molecule has 0 aliphatic rings. The smallest absolute Gasteiger partial charge is 0.346 e. The highest BCUT2D eigenvalue weighted by Gasteiger charge is 2.25. The molecule has 0 bridgehead atoms. The Morgan fingerprint density at radius 2 is 1.77 bits per heavy atom. The van der Waals surface area contributed by atoms with Gasteiger partial charge in [-0.05, 0) is 24.6 Å². The van der Waals surface area contributed by atoms with Crippen molar-refractivity contribution < 1.29 is 14.4 Å². The molecule has 0 fully saturated rings. The number of nitrogens with zero attached hydrogens (tertiary/aromatic N) is 3. The Balaban J connectivity index is 1.88. The summed E-state index contributed by atoms with van der Waals surface area (Å²) >= 11 is 0. The van der Waals surface area contributed by atoms with Crippen LogP contribution in [0.15, 0.2) is 78.0 Å². The SMILES string of the molecule is CCOC(=O)c1c(Nc2ccccc2)c2cncnc2n(OCc2ccccc2)c1=O. The number of ether oxygens (including phenoxy) is 1. The van der Waals surface area contributed by atoms with E-state index in [0.29, 0.717) is 11.1 Å². The standard InChI is InChI=1S/C23H20N4O4/c1-2-30-23(29)19-20(26-17-11-7-4-8-12-17)18-13-24-15-25-21(18)27(22(19)28)31-14-16-9-5-3-6-10-16/h3-13,15,26H,2,14H2,1H3. The molecule has 31 heavy (non-hydrogen) atoms. The zero-order valence-electron chi connectivity index (χ0n) is 16.8. The van der Waals surface area contributed by atoms with E-state index in [9.17, 15) is 9.59 Å². The van der Waals surface area contributed by atoms with Crippen molar-refractivity contribution in [3.05, 3.63) is 94.7 Å². The number of anilines is 2. The topological polar surface area (TPSA) is 95.3 Å². The van der Waals surface area contributed by atoms with Crippen LogP contribution in [-0.2, 0) is 11.3 Å². The molecular formula is C23H20N4O4. The fourth-order valence-corrected chi connectivity index (χ4v) is 3.12. The molecule has 0 amide bonds. The number of benzene rings is 2. The van der Waals surface area contributed by atoms with Gasteiger partial charge in [-0.25, -0.2) is 14.8 Å². The molecule has 0 radical (unpaired) electrons. The Kier molecular flexibility index (Phi) is 5.89. The molecule has 2 aromatic carbocycles. The summed E-state index contributed by atoms with van der Waals surface area (Å²) in [5, 5.41) is 3.59. The van der Waals surface area contributed by atoms with E-state index in [1.165, 1.54) is 12.5 Å². The lowest BCUT2D eigenvalue weighted by atomic mass is 10.1. The highest BCUT2D eigenvalue weighted by Crippen LogP contribution is 2.27. The normalized spacial score (nSPS) is 10.6. The Bertz CT molecular complexity index is 1260. The highest BCUT2D eigenvalue weighted by molar-refractivity contribution is 6.05. The van der Waals surface area contributed by atoms with Gasteiger partial charge in [-0.3, -0.25) is 4.79 Å². The van der Waals surface area contributed by atoms with Gasteiger partial charge < -0.3 is 14.9 Å². The van der Waals surface area contributed by atoms with Crippen LogP contribution in [0.3, 0.4) is 0 Å². The lowest BCUT2D eigenvalue weighted by Gasteiger charge is -2.17. The number of nitrogens with one attached hydrogen (secondary N) is 1. The maximum atomic E-state index is 13.4. The first kappa shape index (κ1) is 20.1. The number of hydrogen-bond acceptors (Lipinski definition) is 7. The Morgan fingerprint density at radius 1 is 1.06 bits per heavy atom. The Labute approximate surface area is 178 Å². The summed E-state index contributed by atoms with van der Waals surface area (Å²) < 4.78 is 6.19. The summed E-state index contributed by atoms with van der Waals surface area (Å²) in [5.74, 6) is -0.756. The van der Waals surface area contributed by atoms with E-state index in [0.717, 1.165) is 10.3 Å². The van der Waals surface area contributed by atoms with Gasteiger partial charge in [0.15, 0.2) is 11.2 Å². The number of para-hydroxylation sites is 1. The largest absolute Gasteiger partial charge is 0.462 e. The average Bonchev–Trinajstić information content (AvgIpc) is 2.80. The molecule has 156 valence electrons. The number of esters is 1. The first-order valence-electron chi connectivity index (χ1n) is 9.74. The second-order valence-corrected chi connectivity index (χ2v) is 6.58. The van der Waals surface area contributed by atoms with Gasteiger partial charge in [-0.2, -0.15) is 0 Å². The molecule has 1 N–H and O–H groups in total. The molecular weight excluding hydrogens is 396 g/mol. The minimum Gasteiger partial charge on any atom is -0.462 e. The van der Waals surface area contributed by atoms with Crippen LogP contribution in [0.5, 0.6) is 0 Å². The number of pyridine rings is 1. The van der Waals surface area contributed by atoms with Crippen LogP contribution < -0.4 is 15.7 Å². The fourth-order valence-electron chi connectivity index (χ4n) is 3.12. The maximum absolute atomic E-state index is 13.4. The summed E-state index contributed by atoms with van der Waals surface area (Å²) in [6, 6.07) is 18.6. The van der Waals surface area contributed by atoms with E-state index in [2.05, 4.69) is 15.3 Å². The number of fused-ring (bicyclic) bond motifs is 1. The van der Waals surface area contributed by atoms with Crippen molar-refractivity contribution in [1.82, 2.24) is 14.7 Å². The van der Waals surface area contributed by atoms with Crippen molar-refractivity contribution in [2.24, 2.45) is 0 Å². The van der Waals surface area contributed by atoms with Crippen molar-refractivity contribution in [3.63, 3.8) is 0 Å². The van der Waals surface area contributed by atoms with Gasteiger partial charge in [0.1, 0.15) is 12.9 Å². The molecule has 2 heterocycles. The molecule has 0 atom stereocenters. The van der Waals surface area contributed by atoms with Crippen molar-refractivity contribution in [1.29, 1.82) is 0 Å².